The van der Waals surface area contributed by atoms with E-state index in [4.69, 9.17) is 14.6 Å². The van der Waals surface area contributed by atoms with Gasteiger partial charge in [0, 0.05) is 5.69 Å². The molecule has 0 spiro atoms. The van der Waals surface area contributed by atoms with E-state index in [0.717, 1.165) is 0 Å². The molecule has 20 heavy (non-hydrogen) atoms. The van der Waals surface area contributed by atoms with Crippen LogP contribution in [0.25, 0.3) is 0 Å². The van der Waals surface area contributed by atoms with Gasteiger partial charge in [-0.15, -0.1) is 0 Å². The molecule has 0 saturated heterocycles. The number of carboxylic acids is 1. The number of aryl methyl sites for hydroxylation is 1. The molecular weight excluding hydrogens is 258 g/mol. The molecule has 0 amide bonds. The van der Waals surface area contributed by atoms with Crippen LogP contribution in [0.2, 0.25) is 0 Å². The number of nitrogens with zero attached hydrogens (tertiary/aromatic N) is 1. The highest BCUT2D eigenvalue weighted by molar-refractivity contribution is 5.90. The predicted molar refractivity (Wildman–Crippen MR) is 73.6 cm³/mol. The summed E-state index contributed by atoms with van der Waals surface area (Å²) in [5.74, 6) is -0.0318. The lowest BCUT2D eigenvalue weighted by molar-refractivity contribution is 0.0693. The van der Waals surface area contributed by atoms with E-state index < -0.39 is 5.97 Å². The number of ether oxygens (including phenoxy) is 2. The van der Waals surface area contributed by atoms with E-state index in [1.807, 2.05) is 13.0 Å². The van der Waals surface area contributed by atoms with Crippen molar-refractivity contribution in [3.63, 3.8) is 0 Å². The molecule has 0 saturated carbocycles. The number of aromatic nitrogens is 1. The highest BCUT2D eigenvalue weighted by Gasteiger charge is 2.15. The molecule has 1 N–H and O–H groups in total. The van der Waals surface area contributed by atoms with Gasteiger partial charge in [0.05, 0.1) is 6.61 Å². The molecule has 0 aliphatic rings. The van der Waals surface area contributed by atoms with Crippen LogP contribution in [0.15, 0.2) is 36.4 Å². The monoisotopic (exact) mass is 273 g/mol. The minimum Gasteiger partial charge on any atom is -0.490 e. The van der Waals surface area contributed by atoms with Gasteiger partial charge in [-0.3, -0.25) is 0 Å². The molecule has 2 aromatic rings. The summed E-state index contributed by atoms with van der Waals surface area (Å²) in [4.78, 5) is 15.3. The Hall–Kier alpha value is -2.56. The predicted octanol–water partition coefficient (Wildman–Crippen LogP) is 3.28. The number of benzene rings is 1. The van der Waals surface area contributed by atoms with Crippen molar-refractivity contribution in [1.82, 2.24) is 4.98 Å². The number of hydrogen-bond acceptors (Lipinski definition) is 4. The van der Waals surface area contributed by atoms with Crippen molar-refractivity contribution in [1.29, 1.82) is 0 Å². The lowest BCUT2D eigenvalue weighted by Crippen LogP contribution is -2.03. The maximum Gasteiger partial charge on any atom is 0.341 e. The normalized spacial score (nSPS) is 10.1. The zero-order valence-corrected chi connectivity index (χ0v) is 11.3. The molecule has 0 fully saturated rings. The van der Waals surface area contributed by atoms with Crippen LogP contribution in [0, 0.1) is 6.92 Å². The maximum absolute atomic E-state index is 11.2. The van der Waals surface area contributed by atoms with Crippen LogP contribution in [0.5, 0.6) is 17.4 Å². The van der Waals surface area contributed by atoms with Crippen LogP contribution in [-0.2, 0) is 0 Å². The van der Waals surface area contributed by atoms with E-state index >= 15 is 0 Å². The van der Waals surface area contributed by atoms with Gasteiger partial charge >= 0.3 is 5.97 Å². The topological polar surface area (TPSA) is 68.7 Å². The average Bonchev–Trinajstić information content (AvgIpc) is 2.41. The van der Waals surface area contributed by atoms with E-state index in [1.165, 1.54) is 6.07 Å². The third-order valence-electron chi connectivity index (χ3n) is 2.59. The van der Waals surface area contributed by atoms with E-state index in [-0.39, 0.29) is 11.4 Å². The van der Waals surface area contributed by atoms with Crippen LogP contribution in [-0.4, -0.2) is 22.7 Å². The Bertz CT molecular complexity index is 625. The van der Waals surface area contributed by atoms with Crippen molar-refractivity contribution in [3.05, 3.63) is 47.7 Å². The highest BCUT2D eigenvalue weighted by Crippen LogP contribution is 2.32. The molecule has 0 radical (unpaired) electrons. The van der Waals surface area contributed by atoms with Crippen molar-refractivity contribution in [2.75, 3.05) is 6.61 Å². The molecule has 0 unspecified atom stereocenters. The fourth-order valence-electron chi connectivity index (χ4n) is 1.69. The second-order valence-electron chi connectivity index (χ2n) is 4.09. The first-order chi connectivity index (χ1) is 9.61. The van der Waals surface area contributed by atoms with Gasteiger partial charge in [0.15, 0.2) is 11.5 Å². The third kappa shape index (κ3) is 3.06. The summed E-state index contributed by atoms with van der Waals surface area (Å²) in [7, 11) is 0. The number of carbonyl (C=O) groups is 1. The number of pyridine rings is 1. The van der Waals surface area contributed by atoms with E-state index in [2.05, 4.69) is 4.98 Å². The van der Waals surface area contributed by atoms with E-state index in [0.29, 0.717) is 23.8 Å². The Labute approximate surface area is 116 Å². The minimum atomic E-state index is -1.08. The van der Waals surface area contributed by atoms with Crippen molar-refractivity contribution in [2.45, 2.75) is 13.8 Å². The number of rotatable bonds is 5. The first kappa shape index (κ1) is 13.9. The van der Waals surface area contributed by atoms with Crippen LogP contribution >= 0.6 is 0 Å². The summed E-state index contributed by atoms with van der Waals surface area (Å²) in [6.45, 7) is 4.13. The Kier molecular flexibility index (Phi) is 4.20. The lowest BCUT2D eigenvalue weighted by Gasteiger charge is -2.12. The van der Waals surface area contributed by atoms with Gasteiger partial charge in [0.1, 0.15) is 5.56 Å². The van der Waals surface area contributed by atoms with Crippen LogP contribution in [0.4, 0.5) is 0 Å². The van der Waals surface area contributed by atoms with Crippen molar-refractivity contribution < 1.29 is 19.4 Å². The largest absolute Gasteiger partial charge is 0.490 e. The first-order valence-corrected chi connectivity index (χ1v) is 6.22. The molecule has 5 nitrogen and oxygen atoms in total. The Morgan fingerprint density at radius 1 is 1.20 bits per heavy atom. The standard InChI is InChI=1S/C15H15NO4/c1-3-19-12-6-4-5-7-13(12)20-14-11(15(17)18)9-8-10(2)16-14/h4-9H,3H2,1-2H3,(H,17,18). The SMILES string of the molecule is CCOc1ccccc1Oc1nc(C)ccc1C(=O)O. The number of aromatic carboxylic acids is 1. The van der Waals surface area contributed by atoms with Crippen molar-refractivity contribution in [2.24, 2.45) is 0 Å². The Morgan fingerprint density at radius 2 is 1.90 bits per heavy atom. The van der Waals surface area contributed by atoms with Gasteiger partial charge in [-0.2, -0.15) is 0 Å². The highest BCUT2D eigenvalue weighted by atomic mass is 16.5. The summed E-state index contributed by atoms with van der Waals surface area (Å²) in [6, 6.07) is 10.2. The van der Waals surface area contributed by atoms with E-state index in [1.54, 1.807) is 31.2 Å². The van der Waals surface area contributed by atoms with Gasteiger partial charge in [-0.05, 0) is 38.1 Å². The number of hydrogen-bond donors (Lipinski definition) is 1. The molecule has 2 rings (SSSR count). The van der Waals surface area contributed by atoms with Gasteiger partial charge in [-0.1, -0.05) is 12.1 Å². The Balaban J connectivity index is 2.39. The molecule has 1 heterocycles. The fraction of sp³-hybridized carbons (Fsp3) is 0.200. The van der Waals surface area contributed by atoms with E-state index in [9.17, 15) is 4.79 Å². The summed E-state index contributed by atoms with van der Waals surface area (Å²) < 4.78 is 11.1. The molecule has 104 valence electrons. The van der Waals surface area contributed by atoms with Gasteiger partial charge in [0.25, 0.3) is 0 Å². The summed E-state index contributed by atoms with van der Waals surface area (Å²) in [5.41, 5.74) is 0.695. The molecule has 0 aliphatic heterocycles. The molecule has 0 aliphatic carbocycles. The molecule has 1 aromatic heterocycles. The third-order valence-corrected chi connectivity index (χ3v) is 2.59. The molecule has 5 heteroatoms. The van der Waals surface area contributed by atoms with Crippen LogP contribution < -0.4 is 9.47 Å². The number of carboxylic acid groups (broad SMARTS) is 1. The van der Waals surface area contributed by atoms with Crippen LogP contribution in [0.1, 0.15) is 23.0 Å². The lowest BCUT2D eigenvalue weighted by atomic mass is 10.2. The van der Waals surface area contributed by atoms with Gasteiger partial charge in [0.2, 0.25) is 5.88 Å². The fourth-order valence-corrected chi connectivity index (χ4v) is 1.69. The second-order valence-corrected chi connectivity index (χ2v) is 4.09. The molecule has 0 bridgehead atoms. The summed E-state index contributed by atoms with van der Waals surface area (Å²) >= 11 is 0. The first-order valence-electron chi connectivity index (χ1n) is 6.22. The zero-order valence-electron chi connectivity index (χ0n) is 11.3. The van der Waals surface area contributed by atoms with Gasteiger partial charge < -0.3 is 14.6 Å². The van der Waals surface area contributed by atoms with Gasteiger partial charge in [-0.25, -0.2) is 9.78 Å². The average molecular weight is 273 g/mol. The second kappa shape index (κ2) is 6.06. The van der Waals surface area contributed by atoms with Crippen molar-refractivity contribution in [3.8, 4) is 17.4 Å². The quantitative estimate of drug-likeness (QED) is 0.905. The molecule has 0 atom stereocenters. The smallest absolute Gasteiger partial charge is 0.341 e. The molecule has 1 aromatic carbocycles. The maximum atomic E-state index is 11.2. The summed E-state index contributed by atoms with van der Waals surface area (Å²) in [5, 5.41) is 9.16. The minimum absolute atomic E-state index is 0.0156. The summed E-state index contributed by atoms with van der Waals surface area (Å²) in [6.07, 6.45) is 0. The number of para-hydroxylation sites is 2. The molecular formula is C15H15NO4. The zero-order chi connectivity index (χ0) is 14.5. The van der Waals surface area contributed by atoms with Crippen LogP contribution in [0.3, 0.4) is 0 Å². The Morgan fingerprint density at radius 3 is 2.55 bits per heavy atom. The van der Waals surface area contributed by atoms with Crippen molar-refractivity contribution >= 4 is 5.97 Å².